The lowest BCUT2D eigenvalue weighted by Gasteiger charge is -2.32. The molecule has 0 unspecified atom stereocenters. The highest BCUT2D eigenvalue weighted by molar-refractivity contribution is 7.99. The molecule has 0 aromatic heterocycles. The Kier molecular flexibility index (Phi) is 10.5. The highest BCUT2D eigenvalue weighted by Gasteiger charge is 2.30. The number of nitrogens with zero attached hydrogens (tertiary/aromatic N) is 1. The summed E-state index contributed by atoms with van der Waals surface area (Å²) in [6.07, 6.45) is 0.424. The van der Waals surface area contributed by atoms with E-state index >= 15 is 0 Å². The molecule has 0 spiro atoms. The second-order valence-corrected chi connectivity index (χ2v) is 10.5. The Balaban J connectivity index is 1.84. The van der Waals surface area contributed by atoms with E-state index in [-0.39, 0.29) is 23.6 Å². The zero-order valence-corrected chi connectivity index (χ0v) is 22.2. The maximum atomic E-state index is 13.6. The molecular formula is C28H30Cl2N2O2S. The third-order valence-electron chi connectivity index (χ3n) is 5.35. The molecule has 3 aromatic carbocycles. The first-order valence-electron chi connectivity index (χ1n) is 11.5. The summed E-state index contributed by atoms with van der Waals surface area (Å²) in [7, 11) is 0. The standard InChI is InChI=1S/C28H30Cl2N2O2S/c1-20(2)31-28(34)26(16-21-7-4-3-5-8-21)32(17-23-9-6-10-25(30)15-23)27(33)19-35-18-22-11-13-24(29)14-12-22/h3-15,20,26H,16-19H2,1-2H3,(H,31,34)/t26-/m1/s1. The largest absolute Gasteiger partial charge is 0.352 e. The first-order chi connectivity index (χ1) is 16.8. The Morgan fingerprint density at radius 2 is 1.54 bits per heavy atom. The topological polar surface area (TPSA) is 49.4 Å². The molecule has 2 amide bonds. The molecule has 35 heavy (non-hydrogen) atoms. The molecule has 1 N–H and O–H groups in total. The molecule has 184 valence electrons. The monoisotopic (exact) mass is 528 g/mol. The third-order valence-corrected chi connectivity index (χ3v) is 6.83. The summed E-state index contributed by atoms with van der Waals surface area (Å²) in [5, 5.41) is 4.28. The van der Waals surface area contributed by atoms with Gasteiger partial charge in [-0.3, -0.25) is 9.59 Å². The van der Waals surface area contributed by atoms with Gasteiger partial charge in [-0.15, -0.1) is 11.8 Å². The molecule has 0 aliphatic carbocycles. The van der Waals surface area contributed by atoms with Gasteiger partial charge in [0.2, 0.25) is 11.8 Å². The fraction of sp³-hybridized carbons (Fsp3) is 0.286. The molecule has 0 fully saturated rings. The number of benzene rings is 3. The van der Waals surface area contributed by atoms with Gasteiger partial charge in [0.05, 0.1) is 5.75 Å². The first kappa shape index (κ1) is 27.1. The van der Waals surface area contributed by atoms with Gasteiger partial charge >= 0.3 is 0 Å². The van der Waals surface area contributed by atoms with Crippen LogP contribution in [0.15, 0.2) is 78.9 Å². The minimum atomic E-state index is -0.651. The summed E-state index contributed by atoms with van der Waals surface area (Å²) in [5.74, 6) is 0.671. The molecule has 3 rings (SSSR count). The van der Waals surface area contributed by atoms with Crippen molar-refractivity contribution in [3.05, 3.63) is 106 Å². The van der Waals surface area contributed by atoms with Gasteiger partial charge in [-0.2, -0.15) is 0 Å². The molecule has 4 nitrogen and oxygen atoms in total. The lowest BCUT2D eigenvalue weighted by atomic mass is 10.0. The van der Waals surface area contributed by atoms with Crippen LogP contribution in [0.25, 0.3) is 0 Å². The summed E-state index contributed by atoms with van der Waals surface area (Å²) in [4.78, 5) is 28.6. The van der Waals surface area contributed by atoms with Gasteiger partial charge in [0.25, 0.3) is 0 Å². The van der Waals surface area contributed by atoms with Gasteiger partial charge in [0, 0.05) is 34.8 Å². The van der Waals surface area contributed by atoms with E-state index in [2.05, 4.69) is 5.32 Å². The van der Waals surface area contributed by atoms with E-state index in [0.29, 0.717) is 28.8 Å². The van der Waals surface area contributed by atoms with E-state index in [0.717, 1.165) is 16.7 Å². The Bertz CT molecular complexity index is 1110. The van der Waals surface area contributed by atoms with Gasteiger partial charge in [-0.25, -0.2) is 0 Å². The number of nitrogens with one attached hydrogen (secondary N) is 1. The molecule has 0 saturated carbocycles. The van der Waals surface area contributed by atoms with Crippen molar-refractivity contribution < 1.29 is 9.59 Å². The van der Waals surface area contributed by atoms with Crippen molar-refractivity contribution >= 4 is 46.8 Å². The highest BCUT2D eigenvalue weighted by atomic mass is 35.5. The van der Waals surface area contributed by atoms with Crippen LogP contribution in [0.3, 0.4) is 0 Å². The van der Waals surface area contributed by atoms with Crippen molar-refractivity contribution in [2.45, 2.75) is 44.6 Å². The Morgan fingerprint density at radius 1 is 0.857 bits per heavy atom. The van der Waals surface area contributed by atoms with Crippen LogP contribution in [0.1, 0.15) is 30.5 Å². The van der Waals surface area contributed by atoms with E-state index in [1.54, 1.807) is 11.0 Å². The first-order valence-corrected chi connectivity index (χ1v) is 13.4. The average molecular weight is 530 g/mol. The summed E-state index contributed by atoms with van der Waals surface area (Å²) in [5.41, 5.74) is 2.96. The number of carbonyl (C=O) groups excluding carboxylic acids is 2. The lowest BCUT2D eigenvalue weighted by Crippen LogP contribution is -2.52. The SMILES string of the molecule is CC(C)NC(=O)[C@@H](Cc1ccccc1)N(Cc1cccc(Cl)c1)C(=O)CSCc1ccc(Cl)cc1. The molecule has 0 aliphatic heterocycles. The molecule has 0 bridgehead atoms. The fourth-order valence-corrected chi connectivity index (χ4v) is 4.90. The van der Waals surface area contributed by atoms with Crippen LogP contribution >= 0.6 is 35.0 Å². The number of thioether (sulfide) groups is 1. The number of rotatable bonds is 11. The Labute approximate surface area is 222 Å². The van der Waals surface area contributed by atoms with Crippen molar-refractivity contribution in [3.8, 4) is 0 Å². The second kappa shape index (κ2) is 13.6. The van der Waals surface area contributed by atoms with Gasteiger partial charge in [0.1, 0.15) is 6.04 Å². The smallest absolute Gasteiger partial charge is 0.243 e. The normalized spacial score (nSPS) is 11.8. The molecule has 1 atom stereocenters. The van der Waals surface area contributed by atoms with E-state index in [1.807, 2.05) is 86.6 Å². The van der Waals surface area contributed by atoms with Crippen molar-refractivity contribution in [2.75, 3.05) is 5.75 Å². The molecule has 0 heterocycles. The van der Waals surface area contributed by atoms with Crippen LogP contribution in [0.4, 0.5) is 0 Å². The average Bonchev–Trinajstić information content (AvgIpc) is 2.82. The van der Waals surface area contributed by atoms with Crippen molar-refractivity contribution in [2.24, 2.45) is 0 Å². The zero-order chi connectivity index (χ0) is 25.2. The van der Waals surface area contributed by atoms with Gasteiger partial charge in [-0.1, -0.05) is 77.8 Å². The van der Waals surface area contributed by atoms with Gasteiger partial charge in [-0.05, 0) is 54.8 Å². The Morgan fingerprint density at radius 3 is 2.20 bits per heavy atom. The number of halogens is 2. The second-order valence-electron chi connectivity index (χ2n) is 8.64. The van der Waals surface area contributed by atoms with Gasteiger partial charge < -0.3 is 10.2 Å². The highest BCUT2D eigenvalue weighted by Crippen LogP contribution is 2.21. The fourth-order valence-electron chi connectivity index (χ4n) is 3.69. The molecule has 7 heteroatoms. The van der Waals surface area contributed by atoms with Crippen LogP contribution < -0.4 is 5.32 Å². The number of hydrogen-bond acceptors (Lipinski definition) is 3. The molecule has 0 radical (unpaired) electrons. The zero-order valence-electron chi connectivity index (χ0n) is 19.9. The van der Waals surface area contributed by atoms with E-state index in [9.17, 15) is 9.59 Å². The predicted octanol–water partition coefficient (Wildman–Crippen LogP) is 6.39. The minimum absolute atomic E-state index is 0.0387. The maximum Gasteiger partial charge on any atom is 0.243 e. The minimum Gasteiger partial charge on any atom is -0.352 e. The summed E-state index contributed by atoms with van der Waals surface area (Å²) in [6.45, 7) is 4.13. The number of amides is 2. The van der Waals surface area contributed by atoms with Crippen LogP contribution in [-0.4, -0.2) is 34.6 Å². The quantitative estimate of drug-likeness (QED) is 0.313. The molecule has 0 aliphatic rings. The molecule has 3 aromatic rings. The van der Waals surface area contributed by atoms with E-state index in [1.165, 1.54) is 11.8 Å². The summed E-state index contributed by atoms with van der Waals surface area (Å²) < 4.78 is 0. The lowest BCUT2D eigenvalue weighted by molar-refractivity contribution is -0.139. The van der Waals surface area contributed by atoms with Crippen molar-refractivity contribution in [1.29, 1.82) is 0 Å². The molecule has 0 saturated heterocycles. The molecular weight excluding hydrogens is 499 g/mol. The summed E-state index contributed by atoms with van der Waals surface area (Å²) in [6, 6.07) is 24.1. The van der Waals surface area contributed by atoms with Crippen LogP contribution in [0.5, 0.6) is 0 Å². The third kappa shape index (κ3) is 8.92. The van der Waals surface area contributed by atoms with E-state index in [4.69, 9.17) is 23.2 Å². The van der Waals surface area contributed by atoms with Crippen LogP contribution in [-0.2, 0) is 28.3 Å². The van der Waals surface area contributed by atoms with Crippen LogP contribution in [0.2, 0.25) is 10.0 Å². The number of hydrogen-bond donors (Lipinski definition) is 1. The van der Waals surface area contributed by atoms with E-state index < -0.39 is 6.04 Å². The van der Waals surface area contributed by atoms with Crippen molar-refractivity contribution in [1.82, 2.24) is 10.2 Å². The maximum absolute atomic E-state index is 13.6. The number of carbonyl (C=O) groups is 2. The Hall–Kier alpha value is -2.47. The predicted molar refractivity (Wildman–Crippen MR) is 147 cm³/mol. The van der Waals surface area contributed by atoms with Crippen molar-refractivity contribution in [3.63, 3.8) is 0 Å². The van der Waals surface area contributed by atoms with Crippen LogP contribution in [0, 0.1) is 0 Å². The van der Waals surface area contributed by atoms with Gasteiger partial charge in [0.15, 0.2) is 0 Å². The summed E-state index contributed by atoms with van der Waals surface area (Å²) >= 11 is 13.7.